The molecular formula is C24H47NO4. The van der Waals surface area contributed by atoms with Crippen molar-refractivity contribution in [3.8, 4) is 0 Å². The summed E-state index contributed by atoms with van der Waals surface area (Å²) in [6, 6.07) is -0.620. The molecule has 0 N–H and O–H groups in total. The Balaban J connectivity index is 3.40. The van der Waals surface area contributed by atoms with E-state index in [1.807, 2.05) is 0 Å². The van der Waals surface area contributed by atoms with Crippen molar-refractivity contribution in [1.82, 2.24) is 4.90 Å². The van der Waals surface area contributed by atoms with E-state index in [1.54, 1.807) is 20.9 Å². The van der Waals surface area contributed by atoms with Gasteiger partial charge < -0.3 is 9.47 Å². The van der Waals surface area contributed by atoms with Gasteiger partial charge in [-0.2, -0.15) is 0 Å². The summed E-state index contributed by atoms with van der Waals surface area (Å²) in [6.07, 6.45) is 19.2. The maximum absolute atomic E-state index is 12.0. The van der Waals surface area contributed by atoms with Gasteiger partial charge in [-0.3, -0.25) is 4.90 Å². The van der Waals surface area contributed by atoms with Crippen LogP contribution < -0.4 is 0 Å². The minimum absolute atomic E-state index is 0.296. The first-order valence-corrected chi connectivity index (χ1v) is 12.1. The SMILES string of the molecule is CCCCCCCCCCCCCCCCCOC(=O)C(C)N(C)C(=O)OCC. The Kier molecular flexibility index (Phi) is 19.2. The van der Waals surface area contributed by atoms with Crippen LogP contribution in [0.15, 0.2) is 0 Å². The van der Waals surface area contributed by atoms with Crippen molar-refractivity contribution in [2.75, 3.05) is 20.3 Å². The third kappa shape index (κ3) is 16.2. The molecule has 0 aliphatic rings. The van der Waals surface area contributed by atoms with Crippen molar-refractivity contribution in [3.05, 3.63) is 0 Å². The minimum atomic E-state index is -0.620. The summed E-state index contributed by atoms with van der Waals surface area (Å²) in [5.74, 6) is -0.370. The zero-order valence-electron chi connectivity index (χ0n) is 19.7. The number of likely N-dealkylation sites (N-methyl/N-ethyl adjacent to an activating group) is 1. The van der Waals surface area contributed by atoms with Gasteiger partial charge in [0.15, 0.2) is 0 Å². The summed E-state index contributed by atoms with van der Waals surface area (Å²) < 4.78 is 10.2. The fourth-order valence-electron chi connectivity index (χ4n) is 3.31. The molecule has 5 heteroatoms. The van der Waals surface area contributed by atoms with Crippen molar-refractivity contribution in [3.63, 3.8) is 0 Å². The number of nitrogens with zero attached hydrogens (tertiary/aromatic N) is 1. The van der Waals surface area contributed by atoms with Gasteiger partial charge in [0.05, 0.1) is 13.2 Å². The van der Waals surface area contributed by atoms with Gasteiger partial charge in [0.1, 0.15) is 6.04 Å². The molecule has 0 radical (unpaired) electrons. The summed E-state index contributed by atoms with van der Waals surface area (Å²) in [5, 5.41) is 0. The first-order valence-electron chi connectivity index (χ1n) is 12.1. The van der Waals surface area contributed by atoms with E-state index in [0.717, 1.165) is 12.8 Å². The standard InChI is InChI=1S/C24H47NO4/c1-5-7-8-9-10-11-12-13-14-15-16-17-18-19-20-21-29-23(26)22(3)25(4)24(27)28-6-2/h22H,5-21H2,1-4H3. The zero-order valence-corrected chi connectivity index (χ0v) is 19.7. The lowest BCUT2D eigenvalue weighted by atomic mass is 10.0. The van der Waals surface area contributed by atoms with Gasteiger partial charge in [-0.25, -0.2) is 9.59 Å². The molecule has 172 valence electrons. The van der Waals surface area contributed by atoms with Gasteiger partial charge in [-0.1, -0.05) is 96.8 Å². The second-order valence-corrected chi connectivity index (χ2v) is 8.10. The van der Waals surface area contributed by atoms with Crippen LogP contribution in [0.1, 0.15) is 117 Å². The first-order chi connectivity index (χ1) is 14.0. The Morgan fingerprint density at radius 2 is 1.10 bits per heavy atom. The van der Waals surface area contributed by atoms with E-state index in [-0.39, 0.29) is 5.97 Å². The smallest absolute Gasteiger partial charge is 0.410 e. The van der Waals surface area contributed by atoms with Crippen LogP contribution in [0.3, 0.4) is 0 Å². The number of rotatable bonds is 19. The molecule has 1 atom stereocenters. The number of hydrogen-bond acceptors (Lipinski definition) is 4. The maximum Gasteiger partial charge on any atom is 0.410 e. The Morgan fingerprint density at radius 3 is 1.52 bits per heavy atom. The van der Waals surface area contributed by atoms with Gasteiger partial charge >= 0.3 is 12.1 Å². The van der Waals surface area contributed by atoms with Crippen LogP contribution in [0.25, 0.3) is 0 Å². The summed E-state index contributed by atoms with van der Waals surface area (Å²) in [6.45, 7) is 6.39. The molecule has 0 fully saturated rings. The first kappa shape index (κ1) is 27.7. The predicted molar refractivity (Wildman–Crippen MR) is 120 cm³/mol. The van der Waals surface area contributed by atoms with Crippen molar-refractivity contribution in [1.29, 1.82) is 0 Å². The van der Waals surface area contributed by atoms with Gasteiger partial charge in [0.2, 0.25) is 0 Å². The molecule has 0 saturated heterocycles. The molecule has 0 bridgehead atoms. The third-order valence-electron chi connectivity index (χ3n) is 5.47. The third-order valence-corrected chi connectivity index (χ3v) is 5.47. The van der Waals surface area contributed by atoms with Crippen LogP contribution in [0.4, 0.5) is 4.79 Å². The number of ether oxygens (including phenoxy) is 2. The second-order valence-electron chi connectivity index (χ2n) is 8.10. The molecule has 0 spiro atoms. The van der Waals surface area contributed by atoms with E-state index >= 15 is 0 Å². The number of unbranched alkanes of at least 4 members (excludes halogenated alkanes) is 14. The van der Waals surface area contributed by atoms with Crippen LogP contribution in [0, 0.1) is 0 Å². The summed E-state index contributed by atoms with van der Waals surface area (Å²) in [4.78, 5) is 24.9. The fraction of sp³-hybridized carbons (Fsp3) is 0.917. The summed E-state index contributed by atoms with van der Waals surface area (Å²) in [5.41, 5.74) is 0. The molecule has 1 unspecified atom stereocenters. The number of hydrogen-bond donors (Lipinski definition) is 0. The van der Waals surface area contributed by atoms with Crippen LogP contribution in [-0.2, 0) is 14.3 Å². The highest BCUT2D eigenvalue weighted by Gasteiger charge is 2.24. The highest BCUT2D eigenvalue weighted by molar-refractivity contribution is 5.80. The summed E-state index contributed by atoms with van der Waals surface area (Å²) in [7, 11) is 1.55. The number of amides is 1. The minimum Gasteiger partial charge on any atom is -0.464 e. The average molecular weight is 414 g/mol. The number of esters is 1. The Morgan fingerprint density at radius 1 is 0.690 bits per heavy atom. The lowest BCUT2D eigenvalue weighted by Gasteiger charge is -2.22. The molecule has 0 heterocycles. The molecule has 5 nitrogen and oxygen atoms in total. The molecule has 0 saturated carbocycles. The molecule has 29 heavy (non-hydrogen) atoms. The van der Waals surface area contributed by atoms with Crippen molar-refractivity contribution in [2.24, 2.45) is 0 Å². The highest BCUT2D eigenvalue weighted by atomic mass is 16.6. The van der Waals surface area contributed by atoms with Crippen LogP contribution in [-0.4, -0.2) is 43.3 Å². The molecule has 0 aromatic rings. The maximum atomic E-state index is 12.0. The Hall–Kier alpha value is -1.26. The van der Waals surface area contributed by atoms with Gasteiger partial charge in [-0.15, -0.1) is 0 Å². The van der Waals surface area contributed by atoms with E-state index in [4.69, 9.17) is 9.47 Å². The molecule has 0 aromatic heterocycles. The van der Waals surface area contributed by atoms with Gasteiger partial charge in [-0.05, 0) is 20.3 Å². The molecule has 0 aromatic carbocycles. The molecule has 0 aliphatic carbocycles. The molecular weight excluding hydrogens is 366 g/mol. The van der Waals surface area contributed by atoms with E-state index < -0.39 is 12.1 Å². The quantitative estimate of drug-likeness (QED) is 0.171. The van der Waals surface area contributed by atoms with E-state index in [2.05, 4.69) is 6.92 Å². The fourth-order valence-corrected chi connectivity index (χ4v) is 3.31. The van der Waals surface area contributed by atoms with Crippen molar-refractivity contribution < 1.29 is 19.1 Å². The second kappa shape index (κ2) is 20.0. The topological polar surface area (TPSA) is 55.8 Å². The summed E-state index contributed by atoms with van der Waals surface area (Å²) >= 11 is 0. The van der Waals surface area contributed by atoms with Gasteiger partial charge in [0.25, 0.3) is 0 Å². The average Bonchev–Trinajstić information content (AvgIpc) is 2.72. The normalized spacial score (nSPS) is 11.9. The molecule has 1 amide bonds. The molecule has 0 aliphatic heterocycles. The molecule has 0 rings (SSSR count). The van der Waals surface area contributed by atoms with Crippen molar-refractivity contribution in [2.45, 2.75) is 123 Å². The van der Waals surface area contributed by atoms with E-state index in [9.17, 15) is 9.59 Å². The van der Waals surface area contributed by atoms with Crippen LogP contribution >= 0.6 is 0 Å². The Labute approximate surface area is 179 Å². The predicted octanol–water partition coefficient (Wildman–Crippen LogP) is 6.88. The number of carbonyl (C=O) groups excluding carboxylic acids is 2. The van der Waals surface area contributed by atoms with Crippen LogP contribution in [0.5, 0.6) is 0 Å². The van der Waals surface area contributed by atoms with Crippen LogP contribution in [0.2, 0.25) is 0 Å². The monoisotopic (exact) mass is 413 g/mol. The largest absolute Gasteiger partial charge is 0.464 e. The van der Waals surface area contributed by atoms with E-state index in [1.165, 1.54) is 88.4 Å². The van der Waals surface area contributed by atoms with Crippen molar-refractivity contribution >= 4 is 12.1 Å². The zero-order chi connectivity index (χ0) is 21.7. The lowest BCUT2D eigenvalue weighted by Crippen LogP contribution is -2.41. The lowest BCUT2D eigenvalue weighted by molar-refractivity contribution is -0.148. The highest BCUT2D eigenvalue weighted by Crippen LogP contribution is 2.13. The van der Waals surface area contributed by atoms with Gasteiger partial charge in [0, 0.05) is 7.05 Å². The Bertz CT molecular complexity index is 400. The number of carbonyl (C=O) groups is 2. The van der Waals surface area contributed by atoms with E-state index in [0.29, 0.717) is 13.2 Å².